The molecule has 1 aromatic carbocycles. The number of hydrogen-bond acceptors (Lipinski definition) is 8. The Balaban J connectivity index is 1.86. The van der Waals surface area contributed by atoms with Crippen LogP contribution in [0.4, 0.5) is 5.00 Å². The van der Waals surface area contributed by atoms with Crippen molar-refractivity contribution in [3.05, 3.63) is 56.9 Å². The van der Waals surface area contributed by atoms with Gasteiger partial charge in [-0.2, -0.15) is 0 Å². The monoisotopic (exact) mass is 464 g/mol. The van der Waals surface area contributed by atoms with Crippen LogP contribution in [0.25, 0.3) is 5.70 Å². The number of anilines is 1. The smallest absolute Gasteiger partial charge is 0.348 e. The van der Waals surface area contributed by atoms with Gasteiger partial charge in [0.1, 0.15) is 9.88 Å². The Labute approximate surface area is 188 Å². The summed E-state index contributed by atoms with van der Waals surface area (Å²) in [6.45, 7) is 5.29. The topological polar surface area (TPSA) is 103 Å². The fourth-order valence-electron chi connectivity index (χ4n) is 2.92. The normalized spacial score (nSPS) is 15.1. The van der Waals surface area contributed by atoms with Crippen molar-refractivity contribution in [3.8, 4) is 0 Å². The number of nitrogens with one attached hydrogen (secondary N) is 2. The first kappa shape index (κ1) is 22.8. The highest BCUT2D eigenvalue weighted by Gasteiger charge is 2.31. The molecule has 8 nitrogen and oxygen atoms in total. The van der Waals surface area contributed by atoms with Gasteiger partial charge in [-0.15, -0.1) is 11.3 Å². The fraction of sp³-hybridized carbons (Fsp3) is 0.286. The Morgan fingerprint density at radius 2 is 1.84 bits per heavy atom. The molecule has 1 aliphatic rings. The van der Waals surface area contributed by atoms with Gasteiger partial charge in [0.2, 0.25) is 0 Å². The van der Waals surface area contributed by atoms with Crippen LogP contribution in [0.15, 0.2) is 30.3 Å². The van der Waals surface area contributed by atoms with Crippen molar-refractivity contribution in [2.45, 2.75) is 26.9 Å². The number of benzene rings is 1. The molecule has 0 spiro atoms. The molecule has 1 aliphatic heterocycles. The molecule has 2 heterocycles. The zero-order chi connectivity index (χ0) is 22.5. The lowest BCUT2D eigenvalue weighted by molar-refractivity contribution is -0.125. The first-order chi connectivity index (χ1) is 14.9. The summed E-state index contributed by atoms with van der Waals surface area (Å²) < 4.78 is 10.1. The lowest BCUT2D eigenvalue weighted by Gasteiger charge is -2.09. The number of hydroxylamine groups is 1. The predicted molar refractivity (Wildman–Crippen MR) is 117 cm³/mol. The third-order valence-corrected chi connectivity index (χ3v) is 5.88. The van der Waals surface area contributed by atoms with Crippen LogP contribution < -0.4 is 10.8 Å². The molecule has 2 N–H and O–H groups in total. The molecule has 0 saturated heterocycles. The maximum atomic E-state index is 12.8. The largest absolute Gasteiger partial charge is 0.462 e. The van der Waals surface area contributed by atoms with Gasteiger partial charge in [0, 0.05) is 10.6 Å². The van der Waals surface area contributed by atoms with Crippen molar-refractivity contribution in [1.82, 2.24) is 5.48 Å². The van der Waals surface area contributed by atoms with Gasteiger partial charge in [-0.25, -0.2) is 9.59 Å². The lowest BCUT2D eigenvalue weighted by Crippen LogP contribution is -2.28. The van der Waals surface area contributed by atoms with Gasteiger partial charge >= 0.3 is 11.9 Å². The summed E-state index contributed by atoms with van der Waals surface area (Å²) in [5.74, 6) is -1.74. The summed E-state index contributed by atoms with van der Waals surface area (Å²) >= 11 is 7.14. The summed E-state index contributed by atoms with van der Waals surface area (Å²) in [6.07, 6.45) is 0.600. The molecular weight excluding hydrogens is 444 g/mol. The minimum absolute atomic E-state index is 0.115. The number of ether oxygens (including phenoxy) is 2. The zero-order valence-corrected chi connectivity index (χ0v) is 18.7. The van der Waals surface area contributed by atoms with Crippen LogP contribution in [0.5, 0.6) is 0 Å². The van der Waals surface area contributed by atoms with Crippen molar-refractivity contribution < 1.29 is 28.7 Å². The van der Waals surface area contributed by atoms with Crippen molar-refractivity contribution in [2.24, 2.45) is 0 Å². The minimum atomic E-state index is -0.977. The number of amides is 1. The standard InChI is InChI=1S/C21H21ClN2O6S/c1-4-28-20(26)16-11(3)17(21(27)29-5-2)31-19(16)23-18(25)15-10-14(24-30-15)12-8-6-7-9-13(12)22/h6-10,15,24H,4-5H2,1-3H3,(H,23,25)/t15-/m0/s1. The van der Waals surface area contributed by atoms with Gasteiger partial charge in [-0.1, -0.05) is 29.8 Å². The van der Waals surface area contributed by atoms with Crippen LogP contribution >= 0.6 is 22.9 Å². The molecule has 0 aliphatic carbocycles. The van der Waals surface area contributed by atoms with E-state index < -0.39 is 23.9 Å². The number of rotatable bonds is 7. The van der Waals surface area contributed by atoms with E-state index in [-0.39, 0.29) is 28.7 Å². The Hall–Kier alpha value is -2.88. The Kier molecular flexibility index (Phi) is 7.32. The second kappa shape index (κ2) is 9.95. The number of esters is 2. The number of carbonyl (C=O) groups excluding carboxylic acids is 3. The molecule has 164 valence electrons. The van der Waals surface area contributed by atoms with Gasteiger partial charge in [0.05, 0.1) is 24.5 Å². The van der Waals surface area contributed by atoms with Crippen LogP contribution in [-0.2, 0) is 19.1 Å². The average molecular weight is 465 g/mol. The van der Waals surface area contributed by atoms with Crippen molar-refractivity contribution in [3.63, 3.8) is 0 Å². The Morgan fingerprint density at radius 3 is 2.52 bits per heavy atom. The van der Waals surface area contributed by atoms with Crippen LogP contribution in [0.3, 0.4) is 0 Å². The maximum absolute atomic E-state index is 12.8. The molecule has 31 heavy (non-hydrogen) atoms. The van der Waals surface area contributed by atoms with E-state index in [1.54, 1.807) is 45.0 Å². The molecule has 0 unspecified atom stereocenters. The zero-order valence-electron chi connectivity index (χ0n) is 17.1. The number of carbonyl (C=O) groups is 3. The number of halogens is 1. The minimum Gasteiger partial charge on any atom is -0.462 e. The van der Waals surface area contributed by atoms with Crippen molar-refractivity contribution >= 4 is 51.5 Å². The summed E-state index contributed by atoms with van der Waals surface area (Å²) in [6, 6.07) is 7.12. The SMILES string of the molecule is CCOC(=O)c1sc(NC(=O)[C@@H]2C=C(c3ccccc3Cl)NO2)c(C(=O)OCC)c1C. The fourth-order valence-corrected chi connectivity index (χ4v) is 4.25. The second-order valence-corrected chi connectivity index (χ2v) is 7.82. The summed E-state index contributed by atoms with van der Waals surface area (Å²) in [5, 5.41) is 3.36. The van der Waals surface area contributed by atoms with Crippen LogP contribution in [0.2, 0.25) is 5.02 Å². The van der Waals surface area contributed by atoms with E-state index in [9.17, 15) is 14.4 Å². The molecule has 0 bridgehead atoms. The molecule has 0 saturated carbocycles. The number of hydrogen-bond donors (Lipinski definition) is 2. The molecule has 1 aromatic heterocycles. The lowest BCUT2D eigenvalue weighted by atomic mass is 10.1. The van der Waals surface area contributed by atoms with Crippen LogP contribution in [0.1, 0.15) is 45.0 Å². The molecule has 0 fully saturated rings. The quantitative estimate of drug-likeness (QED) is 0.598. The molecular formula is C21H21ClN2O6S. The van der Waals surface area contributed by atoms with Gasteiger partial charge in [0.15, 0.2) is 6.10 Å². The summed E-state index contributed by atoms with van der Waals surface area (Å²) in [4.78, 5) is 43.1. The average Bonchev–Trinajstić information content (AvgIpc) is 3.34. The molecule has 3 rings (SSSR count). The molecule has 1 atom stereocenters. The third-order valence-electron chi connectivity index (χ3n) is 4.36. The highest BCUT2D eigenvalue weighted by molar-refractivity contribution is 7.18. The van der Waals surface area contributed by atoms with Crippen LogP contribution in [0, 0.1) is 6.92 Å². The predicted octanol–water partition coefficient (Wildman–Crippen LogP) is 3.95. The summed E-state index contributed by atoms with van der Waals surface area (Å²) in [7, 11) is 0. The van der Waals surface area contributed by atoms with E-state index in [0.29, 0.717) is 21.8 Å². The van der Waals surface area contributed by atoms with E-state index in [1.807, 2.05) is 6.07 Å². The van der Waals surface area contributed by atoms with E-state index >= 15 is 0 Å². The molecule has 10 heteroatoms. The first-order valence-electron chi connectivity index (χ1n) is 9.54. The first-order valence-corrected chi connectivity index (χ1v) is 10.7. The second-order valence-electron chi connectivity index (χ2n) is 6.39. The molecule has 1 amide bonds. The maximum Gasteiger partial charge on any atom is 0.348 e. The van der Waals surface area contributed by atoms with E-state index in [1.165, 1.54) is 0 Å². The van der Waals surface area contributed by atoms with Crippen molar-refractivity contribution in [1.29, 1.82) is 0 Å². The van der Waals surface area contributed by atoms with Gasteiger partial charge in [-0.3, -0.25) is 15.1 Å². The summed E-state index contributed by atoms with van der Waals surface area (Å²) in [5.41, 5.74) is 4.42. The van der Waals surface area contributed by atoms with E-state index in [4.69, 9.17) is 25.9 Å². The molecule has 0 radical (unpaired) electrons. The Morgan fingerprint density at radius 1 is 1.16 bits per heavy atom. The molecule has 2 aromatic rings. The highest BCUT2D eigenvalue weighted by Crippen LogP contribution is 2.35. The highest BCUT2D eigenvalue weighted by atomic mass is 35.5. The van der Waals surface area contributed by atoms with Crippen LogP contribution in [-0.4, -0.2) is 37.2 Å². The Bertz CT molecular complexity index is 1050. The van der Waals surface area contributed by atoms with E-state index in [2.05, 4.69) is 10.8 Å². The van der Waals surface area contributed by atoms with Gasteiger partial charge in [-0.05, 0) is 38.5 Å². The van der Waals surface area contributed by atoms with Gasteiger partial charge in [0.25, 0.3) is 5.91 Å². The third kappa shape index (κ3) is 4.90. The van der Waals surface area contributed by atoms with E-state index in [0.717, 1.165) is 11.3 Å². The number of thiophene rings is 1. The van der Waals surface area contributed by atoms with Crippen molar-refractivity contribution in [2.75, 3.05) is 18.5 Å². The van der Waals surface area contributed by atoms with Gasteiger partial charge < -0.3 is 14.8 Å².